The Balaban J connectivity index is 1.66. The van der Waals surface area contributed by atoms with Gasteiger partial charge >= 0.3 is 0 Å². The second kappa shape index (κ2) is 9.87. The van der Waals surface area contributed by atoms with E-state index in [1.807, 2.05) is 30.3 Å². The van der Waals surface area contributed by atoms with Crippen molar-refractivity contribution in [1.29, 1.82) is 0 Å². The second-order valence-corrected chi connectivity index (χ2v) is 7.59. The van der Waals surface area contributed by atoms with Crippen LogP contribution in [0.25, 0.3) is 16.9 Å². The first-order valence-corrected chi connectivity index (χ1v) is 10.5. The first-order valence-electron chi connectivity index (χ1n) is 10.2. The third-order valence-corrected chi connectivity index (χ3v) is 5.44. The number of nitrogens with one attached hydrogen (secondary N) is 1. The van der Waals surface area contributed by atoms with Crippen molar-refractivity contribution in [3.8, 4) is 16.9 Å². The van der Waals surface area contributed by atoms with E-state index in [2.05, 4.69) is 15.3 Å². The van der Waals surface area contributed by atoms with Crippen LogP contribution in [0, 0.1) is 0 Å². The molecule has 3 aromatic rings. The highest BCUT2D eigenvalue weighted by Gasteiger charge is 2.19. The van der Waals surface area contributed by atoms with E-state index in [-0.39, 0.29) is 5.56 Å². The van der Waals surface area contributed by atoms with Crippen molar-refractivity contribution in [3.63, 3.8) is 0 Å². The second-order valence-electron chi connectivity index (χ2n) is 7.19. The van der Waals surface area contributed by atoms with Crippen LogP contribution in [0.3, 0.4) is 0 Å². The Morgan fingerprint density at radius 1 is 1.06 bits per heavy atom. The Bertz CT molecular complexity index is 1110. The van der Waals surface area contributed by atoms with Gasteiger partial charge in [0.1, 0.15) is 5.56 Å². The van der Waals surface area contributed by atoms with E-state index in [0.717, 1.165) is 18.7 Å². The summed E-state index contributed by atoms with van der Waals surface area (Å²) in [6.45, 7) is 4.20. The van der Waals surface area contributed by atoms with Gasteiger partial charge in [-0.1, -0.05) is 54.1 Å². The molecule has 1 amide bonds. The number of hydrogen-bond donors (Lipinski definition) is 1. The van der Waals surface area contributed by atoms with Crippen LogP contribution in [0.2, 0.25) is 5.02 Å². The fourth-order valence-electron chi connectivity index (χ4n) is 3.44. The Kier molecular flexibility index (Phi) is 6.76. The van der Waals surface area contributed by atoms with Crippen molar-refractivity contribution < 1.29 is 9.53 Å². The van der Waals surface area contributed by atoms with Crippen LogP contribution in [-0.4, -0.2) is 60.0 Å². The fourth-order valence-corrected chi connectivity index (χ4v) is 3.66. The van der Waals surface area contributed by atoms with Crippen LogP contribution in [0.15, 0.2) is 65.5 Å². The standard InChI is InChI=1S/C23H23ClN4O3/c24-19-8-4-5-9-21(19)28-23(30)18(16-20(26-28)17-6-2-1-3-7-17)22(29)25-10-11-27-12-14-31-15-13-27/h1-9,16H,10-15H2,(H,25,29). The maximum atomic E-state index is 13.2. The Morgan fingerprint density at radius 3 is 2.52 bits per heavy atom. The predicted molar refractivity (Wildman–Crippen MR) is 120 cm³/mol. The number of amides is 1. The summed E-state index contributed by atoms with van der Waals surface area (Å²) >= 11 is 6.31. The summed E-state index contributed by atoms with van der Waals surface area (Å²) in [7, 11) is 0. The lowest BCUT2D eigenvalue weighted by Crippen LogP contribution is -2.42. The van der Waals surface area contributed by atoms with Gasteiger partial charge in [-0.25, -0.2) is 0 Å². The summed E-state index contributed by atoms with van der Waals surface area (Å²) in [6.07, 6.45) is 0. The molecule has 0 atom stereocenters. The van der Waals surface area contributed by atoms with E-state index in [1.54, 1.807) is 24.3 Å². The van der Waals surface area contributed by atoms with Crippen molar-refractivity contribution >= 4 is 17.5 Å². The van der Waals surface area contributed by atoms with Gasteiger partial charge in [0.05, 0.1) is 29.6 Å². The number of halogens is 1. The minimum Gasteiger partial charge on any atom is -0.379 e. The van der Waals surface area contributed by atoms with E-state index in [0.29, 0.717) is 42.7 Å². The molecule has 4 rings (SSSR count). The average Bonchev–Trinajstić information content (AvgIpc) is 2.81. The van der Waals surface area contributed by atoms with Gasteiger partial charge in [0, 0.05) is 31.7 Å². The average molecular weight is 439 g/mol. The molecule has 31 heavy (non-hydrogen) atoms. The first-order chi connectivity index (χ1) is 15.1. The third kappa shape index (κ3) is 5.02. The molecule has 8 heteroatoms. The number of para-hydroxylation sites is 1. The quantitative estimate of drug-likeness (QED) is 0.640. The summed E-state index contributed by atoms with van der Waals surface area (Å²) in [5.74, 6) is -0.432. The van der Waals surface area contributed by atoms with E-state index in [1.165, 1.54) is 10.7 Å². The predicted octanol–water partition coefficient (Wildman–Crippen LogP) is 2.61. The zero-order valence-corrected chi connectivity index (χ0v) is 17.7. The minimum atomic E-state index is -0.517. The molecule has 2 aromatic carbocycles. The number of aromatic nitrogens is 2. The number of carbonyl (C=O) groups excluding carboxylic acids is 1. The van der Waals surface area contributed by atoms with Crippen LogP contribution in [0.1, 0.15) is 10.4 Å². The molecule has 2 heterocycles. The van der Waals surface area contributed by atoms with E-state index < -0.39 is 11.5 Å². The van der Waals surface area contributed by atoms with Crippen molar-refractivity contribution in [2.24, 2.45) is 0 Å². The maximum absolute atomic E-state index is 13.2. The van der Waals surface area contributed by atoms with Crippen molar-refractivity contribution in [1.82, 2.24) is 20.0 Å². The molecule has 1 aromatic heterocycles. The Labute approximate surface area is 185 Å². The van der Waals surface area contributed by atoms with Crippen molar-refractivity contribution in [3.05, 3.63) is 81.6 Å². The van der Waals surface area contributed by atoms with Crippen LogP contribution >= 0.6 is 11.6 Å². The minimum absolute atomic E-state index is 0.0238. The highest BCUT2D eigenvalue weighted by atomic mass is 35.5. The smallest absolute Gasteiger partial charge is 0.284 e. The monoisotopic (exact) mass is 438 g/mol. The fraction of sp³-hybridized carbons (Fsp3) is 0.261. The topological polar surface area (TPSA) is 76.5 Å². The third-order valence-electron chi connectivity index (χ3n) is 5.12. The SMILES string of the molecule is O=C(NCCN1CCOCC1)c1cc(-c2ccccc2)nn(-c2ccccc2Cl)c1=O. The van der Waals surface area contributed by atoms with Gasteiger partial charge in [-0.2, -0.15) is 9.78 Å². The molecule has 0 radical (unpaired) electrons. The molecule has 0 unspecified atom stereocenters. The summed E-state index contributed by atoms with van der Waals surface area (Å²) < 4.78 is 6.54. The number of hydrogen-bond acceptors (Lipinski definition) is 5. The maximum Gasteiger partial charge on any atom is 0.284 e. The van der Waals surface area contributed by atoms with E-state index in [4.69, 9.17) is 16.3 Å². The highest BCUT2D eigenvalue weighted by Crippen LogP contribution is 2.21. The molecular weight excluding hydrogens is 416 g/mol. The van der Waals surface area contributed by atoms with Crippen molar-refractivity contribution in [2.75, 3.05) is 39.4 Å². The first kappa shape index (κ1) is 21.2. The molecule has 1 saturated heterocycles. The number of carbonyl (C=O) groups is 1. The number of morpholine rings is 1. The summed E-state index contributed by atoms with van der Waals surface area (Å²) in [4.78, 5) is 28.3. The molecule has 0 spiro atoms. The molecule has 7 nitrogen and oxygen atoms in total. The lowest BCUT2D eigenvalue weighted by Gasteiger charge is -2.26. The van der Waals surface area contributed by atoms with Crippen LogP contribution < -0.4 is 10.9 Å². The van der Waals surface area contributed by atoms with Crippen molar-refractivity contribution in [2.45, 2.75) is 0 Å². The van der Waals surface area contributed by atoms with Crippen LogP contribution in [0.5, 0.6) is 0 Å². The van der Waals surface area contributed by atoms with Gasteiger partial charge in [0.2, 0.25) is 0 Å². The largest absolute Gasteiger partial charge is 0.379 e. The summed E-state index contributed by atoms with van der Waals surface area (Å²) in [5, 5.41) is 7.73. The highest BCUT2D eigenvalue weighted by molar-refractivity contribution is 6.32. The number of benzene rings is 2. The molecule has 1 aliphatic rings. The van der Waals surface area contributed by atoms with Gasteiger partial charge in [-0.3, -0.25) is 14.5 Å². The molecule has 1 fully saturated rings. The van der Waals surface area contributed by atoms with Crippen LogP contribution in [-0.2, 0) is 4.74 Å². The molecule has 160 valence electrons. The van der Waals surface area contributed by atoms with Crippen LogP contribution in [0.4, 0.5) is 0 Å². The zero-order chi connectivity index (χ0) is 21.6. The van der Waals surface area contributed by atoms with Gasteiger partial charge in [-0.05, 0) is 18.2 Å². The number of rotatable bonds is 6. The molecule has 0 bridgehead atoms. The van der Waals surface area contributed by atoms with Gasteiger partial charge in [0.25, 0.3) is 11.5 Å². The van der Waals surface area contributed by atoms with Gasteiger partial charge < -0.3 is 10.1 Å². The van der Waals surface area contributed by atoms with E-state index in [9.17, 15) is 9.59 Å². The normalized spacial score (nSPS) is 14.4. The molecular formula is C23H23ClN4O3. The van der Waals surface area contributed by atoms with Gasteiger partial charge in [0.15, 0.2) is 0 Å². The summed E-state index contributed by atoms with van der Waals surface area (Å²) in [6, 6.07) is 17.9. The molecule has 1 aliphatic heterocycles. The lowest BCUT2D eigenvalue weighted by atomic mass is 10.1. The molecule has 1 N–H and O–H groups in total. The Morgan fingerprint density at radius 2 is 1.77 bits per heavy atom. The number of ether oxygens (including phenoxy) is 1. The Hall–Kier alpha value is -3.00. The zero-order valence-electron chi connectivity index (χ0n) is 17.0. The molecule has 0 saturated carbocycles. The molecule has 0 aliphatic carbocycles. The number of nitrogens with zero attached hydrogens (tertiary/aromatic N) is 3. The summed E-state index contributed by atoms with van der Waals surface area (Å²) in [5.41, 5.74) is 1.24. The van der Waals surface area contributed by atoms with E-state index >= 15 is 0 Å². The lowest BCUT2D eigenvalue weighted by molar-refractivity contribution is 0.0383. The van der Waals surface area contributed by atoms with Gasteiger partial charge in [-0.15, -0.1) is 0 Å².